The van der Waals surface area contributed by atoms with Crippen LogP contribution in [0.2, 0.25) is 0 Å². The molecule has 0 fully saturated rings. The highest BCUT2D eigenvalue weighted by molar-refractivity contribution is 6.03. The van der Waals surface area contributed by atoms with Gasteiger partial charge in [0.05, 0.1) is 0 Å². The summed E-state index contributed by atoms with van der Waals surface area (Å²) in [5, 5.41) is 2.10. The molecule has 0 unspecified atom stereocenters. The molecule has 0 aromatic heterocycles. The molecule has 0 amide bonds. The average Bonchev–Trinajstić information content (AvgIpc) is 2.45. The molecule has 1 aliphatic carbocycles. The van der Waals surface area contributed by atoms with E-state index in [0.717, 1.165) is 21.9 Å². The summed E-state index contributed by atoms with van der Waals surface area (Å²) in [6.07, 6.45) is 0. The van der Waals surface area contributed by atoms with Crippen molar-refractivity contribution in [1.82, 2.24) is 4.98 Å². The molecule has 90 valence electrons. The largest absolute Gasteiger partial charge is 0.452 e. The van der Waals surface area contributed by atoms with Gasteiger partial charge in [-0.2, -0.15) is 0 Å². The summed E-state index contributed by atoms with van der Waals surface area (Å²) in [6.45, 7) is 0. The molecular formula is C16H9NO2. The fraction of sp³-hybridized carbons (Fsp3) is 0. The summed E-state index contributed by atoms with van der Waals surface area (Å²) in [7, 11) is 0. The van der Waals surface area contributed by atoms with Crippen LogP contribution < -0.4 is 5.43 Å². The predicted octanol–water partition coefficient (Wildman–Crippen LogP) is 3.45. The van der Waals surface area contributed by atoms with Gasteiger partial charge in [0.2, 0.25) is 0 Å². The molecule has 0 N–H and O–H groups in total. The van der Waals surface area contributed by atoms with Crippen molar-refractivity contribution in [3.8, 4) is 11.5 Å². The SMILES string of the molecule is O=c1ccc2nc3ccc4ccccc4c3oc-2c1. The molecule has 2 aliphatic rings. The van der Waals surface area contributed by atoms with Crippen molar-refractivity contribution in [2.45, 2.75) is 0 Å². The highest BCUT2D eigenvalue weighted by atomic mass is 16.3. The first-order valence-electron chi connectivity index (χ1n) is 6.04. The second kappa shape index (κ2) is 3.65. The Morgan fingerprint density at radius 2 is 1.84 bits per heavy atom. The Morgan fingerprint density at radius 1 is 0.947 bits per heavy atom. The van der Waals surface area contributed by atoms with Crippen LogP contribution in [-0.2, 0) is 0 Å². The normalized spacial score (nSPS) is 11.4. The van der Waals surface area contributed by atoms with E-state index in [0.29, 0.717) is 11.5 Å². The molecule has 3 nitrogen and oxygen atoms in total. The van der Waals surface area contributed by atoms with E-state index in [2.05, 4.69) is 4.98 Å². The Labute approximate surface area is 108 Å². The van der Waals surface area contributed by atoms with E-state index in [1.807, 2.05) is 36.4 Å². The molecule has 0 spiro atoms. The number of rotatable bonds is 0. The lowest BCUT2D eigenvalue weighted by atomic mass is 10.1. The first-order valence-corrected chi connectivity index (χ1v) is 6.04. The van der Waals surface area contributed by atoms with Gasteiger partial charge in [-0.25, -0.2) is 4.98 Å². The maximum Gasteiger partial charge on any atom is 0.182 e. The Bertz CT molecular complexity index is 940. The van der Waals surface area contributed by atoms with Crippen molar-refractivity contribution in [1.29, 1.82) is 0 Å². The summed E-state index contributed by atoms with van der Waals surface area (Å²) < 4.78 is 5.88. The van der Waals surface area contributed by atoms with Crippen molar-refractivity contribution in [3.63, 3.8) is 0 Å². The van der Waals surface area contributed by atoms with E-state index in [1.165, 1.54) is 12.1 Å². The van der Waals surface area contributed by atoms with Crippen molar-refractivity contribution in [2.75, 3.05) is 0 Å². The standard InChI is InChI=1S/C16H9NO2/c18-11-6-8-13-15(9-11)19-16-12-4-2-1-3-10(12)5-7-14(16)17-13/h1-9H. The monoisotopic (exact) mass is 247 g/mol. The highest BCUT2D eigenvalue weighted by Crippen LogP contribution is 2.29. The lowest BCUT2D eigenvalue weighted by Gasteiger charge is -2.07. The lowest BCUT2D eigenvalue weighted by molar-refractivity contribution is 0.616. The van der Waals surface area contributed by atoms with E-state index < -0.39 is 0 Å². The third kappa shape index (κ3) is 1.52. The zero-order chi connectivity index (χ0) is 12.8. The summed E-state index contributed by atoms with van der Waals surface area (Å²) in [5.41, 5.74) is 2.14. The van der Waals surface area contributed by atoms with Gasteiger partial charge in [-0.3, -0.25) is 4.79 Å². The molecule has 4 rings (SSSR count). The zero-order valence-corrected chi connectivity index (χ0v) is 9.96. The number of nitrogens with zero attached hydrogens (tertiary/aromatic N) is 1. The highest BCUT2D eigenvalue weighted by Gasteiger charge is 2.10. The average molecular weight is 247 g/mol. The number of hydrogen-bond donors (Lipinski definition) is 0. The first-order chi connectivity index (χ1) is 9.31. The van der Waals surface area contributed by atoms with Gasteiger partial charge in [0, 0.05) is 11.5 Å². The lowest BCUT2D eigenvalue weighted by Crippen LogP contribution is -1.99. The molecule has 0 bridgehead atoms. The van der Waals surface area contributed by atoms with Gasteiger partial charge in [0.1, 0.15) is 11.2 Å². The fourth-order valence-electron chi connectivity index (χ4n) is 2.34. The quantitative estimate of drug-likeness (QED) is 0.353. The van der Waals surface area contributed by atoms with E-state index in [9.17, 15) is 4.79 Å². The zero-order valence-electron chi connectivity index (χ0n) is 9.96. The molecule has 2 aromatic rings. The van der Waals surface area contributed by atoms with Crippen LogP contribution in [0.4, 0.5) is 0 Å². The minimum absolute atomic E-state index is 0.0716. The Morgan fingerprint density at radius 3 is 2.79 bits per heavy atom. The predicted molar refractivity (Wildman–Crippen MR) is 74.4 cm³/mol. The minimum atomic E-state index is -0.0716. The molecule has 19 heavy (non-hydrogen) atoms. The van der Waals surface area contributed by atoms with Crippen LogP contribution in [0.1, 0.15) is 0 Å². The number of benzene rings is 3. The van der Waals surface area contributed by atoms with Gasteiger partial charge in [-0.05, 0) is 23.6 Å². The van der Waals surface area contributed by atoms with E-state index in [4.69, 9.17) is 4.42 Å². The van der Waals surface area contributed by atoms with Crippen LogP contribution in [0, 0.1) is 0 Å². The Kier molecular flexibility index (Phi) is 1.97. The third-order valence-electron chi connectivity index (χ3n) is 3.24. The van der Waals surface area contributed by atoms with Crippen LogP contribution >= 0.6 is 0 Å². The van der Waals surface area contributed by atoms with Crippen LogP contribution in [0.15, 0.2) is 63.8 Å². The molecule has 1 aliphatic heterocycles. The number of aromatic nitrogens is 1. The second-order valence-electron chi connectivity index (χ2n) is 4.48. The maximum atomic E-state index is 11.4. The summed E-state index contributed by atoms with van der Waals surface area (Å²) in [4.78, 5) is 15.9. The molecular weight excluding hydrogens is 238 g/mol. The first kappa shape index (κ1) is 10.3. The Balaban J connectivity index is 2.25. The van der Waals surface area contributed by atoms with Crippen molar-refractivity contribution < 1.29 is 4.42 Å². The van der Waals surface area contributed by atoms with Gasteiger partial charge >= 0.3 is 0 Å². The van der Waals surface area contributed by atoms with Gasteiger partial charge in [-0.15, -0.1) is 0 Å². The summed E-state index contributed by atoms with van der Waals surface area (Å²) in [6, 6.07) is 16.6. The van der Waals surface area contributed by atoms with E-state index in [-0.39, 0.29) is 5.43 Å². The smallest absolute Gasteiger partial charge is 0.182 e. The fourth-order valence-corrected chi connectivity index (χ4v) is 2.34. The van der Waals surface area contributed by atoms with Crippen LogP contribution in [0.25, 0.3) is 33.3 Å². The number of fused-ring (bicyclic) bond motifs is 4. The van der Waals surface area contributed by atoms with Crippen LogP contribution in [-0.4, -0.2) is 4.98 Å². The van der Waals surface area contributed by atoms with Gasteiger partial charge in [0.15, 0.2) is 16.8 Å². The van der Waals surface area contributed by atoms with Crippen molar-refractivity contribution >= 4 is 21.9 Å². The number of hydrogen-bond acceptors (Lipinski definition) is 3. The summed E-state index contributed by atoms with van der Waals surface area (Å²) >= 11 is 0. The van der Waals surface area contributed by atoms with Crippen LogP contribution in [0.3, 0.4) is 0 Å². The summed E-state index contributed by atoms with van der Waals surface area (Å²) in [5.74, 6) is 0.524. The van der Waals surface area contributed by atoms with Gasteiger partial charge in [0.25, 0.3) is 0 Å². The molecule has 2 aromatic carbocycles. The molecule has 1 heterocycles. The minimum Gasteiger partial charge on any atom is -0.452 e. The third-order valence-corrected chi connectivity index (χ3v) is 3.24. The molecule has 3 heteroatoms. The van der Waals surface area contributed by atoms with Crippen molar-refractivity contribution in [3.05, 3.63) is 64.8 Å². The van der Waals surface area contributed by atoms with E-state index in [1.54, 1.807) is 6.07 Å². The molecule has 0 saturated carbocycles. The van der Waals surface area contributed by atoms with Gasteiger partial charge in [-0.1, -0.05) is 30.3 Å². The maximum absolute atomic E-state index is 11.4. The topological polar surface area (TPSA) is 43.1 Å². The van der Waals surface area contributed by atoms with E-state index >= 15 is 0 Å². The second-order valence-corrected chi connectivity index (χ2v) is 4.48. The van der Waals surface area contributed by atoms with Crippen LogP contribution in [0.5, 0.6) is 0 Å². The van der Waals surface area contributed by atoms with Crippen molar-refractivity contribution in [2.24, 2.45) is 0 Å². The molecule has 0 atom stereocenters. The molecule has 0 radical (unpaired) electrons. The molecule has 0 saturated heterocycles. The Hall–Kier alpha value is -2.68. The van der Waals surface area contributed by atoms with Gasteiger partial charge < -0.3 is 4.42 Å².